The molecule has 0 spiro atoms. The zero-order valence-corrected chi connectivity index (χ0v) is 15.6. The summed E-state index contributed by atoms with van der Waals surface area (Å²) in [7, 11) is 4.08. The Balaban J connectivity index is 1.71. The van der Waals surface area contributed by atoms with Gasteiger partial charge in [0.2, 0.25) is 5.91 Å². The molecule has 2 aromatic rings. The van der Waals surface area contributed by atoms with Crippen molar-refractivity contribution in [3.05, 3.63) is 65.7 Å². The zero-order valence-electron chi connectivity index (χ0n) is 15.6. The number of carbonyl (C=O) groups is 1. The number of likely N-dealkylation sites (N-methyl/N-ethyl adjacent to an activating group) is 1. The topological polar surface area (TPSA) is 26.8 Å². The molecule has 1 fully saturated rings. The van der Waals surface area contributed by atoms with Gasteiger partial charge in [-0.1, -0.05) is 36.4 Å². The van der Waals surface area contributed by atoms with Gasteiger partial charge in [-0.2, -0.15) is 0 Å². The van der Waals surface area contributed by atoms with E-state index >= 15 is 0 Å². The number of para-hydroxylation sites is 1. The summed E-state index contributed by atoms with van der Waals surface area (Å²) in [5.41, 5.74) is 4.45. The lowest BCUT2D eigenvalue weighted by atomic mass is 10.0. The van der Waals surface area contributed by atoms with Gasteiger partial charge in [0.25, 0.3) is 0 Å². The molecule has 0 radical (unpaired) electrons. The second kappa shape index (κ2) is 6.20. The Bertz CT molecular complexity index is 856. The van der Waals surface area contributed by atoms with E-state index < -0.39 is 0 Å². The summed E-state index contributed by atoms with van der Waals surface area (Å²) in [5, 5.41) is 0. The lowest BCUT2D eigenvalue weighted by Gasteiger charge is -2.37. The third-order valence-electron chi connectivity index (χ3n) is 5.53. The largest absolute Gasteiger partial charge is 0.378 e. The fraction of sp³-hybridized carbons (Fsp3) is 0.318. The summed E-state index contributed by atoms with van der Waals surface area (Å²) < 4.78 is 0. The van der Waals surface area contributed by atoms with Crippen molar-refractivity contribution in [1.82, 2.24) is 4.90 Å². The quantitative estimate of drug-likeness (QED) is 0.848. The van der Waals surface area contributed by atoms with Crippen molar-refractivity contribution >= 4 is 23.4 Å². The molecule has 26 heavy (non-hydrogen) atoms. The molecule has 1 unspecified atom stereocenters. The van der Waals surface area contributed by atoms with E-state index in [1.807, 2.05) is 19.0 Å². The van der Waals surface area contributed by atoms with E-state index in [0.717, 1.165) is 12.0 Å². The zero-order chi connectivity index (χ0) is 18.3. The maximum absolute atomic E-state index is 12.6. The van der Waals surface area contributed by atoms with Gasteiger partial charge in [0.1, 0.15) is 5.66 Å². The first-order valence-electron chi connectivity index (χ1n) is 9.18. The molecular weight excluding hydrogens is 322 g/mol. The van der Waals surface area contributed by atoms with Crippen LogP contribution >= 0.6 is 0 Å². The number of rotatable bonds is 4. The lowest BCUT2D eigenvalue weighted by molar-refractivity contribution is -0.129. The van der Waals surface area contributed by atoms with Crippen LogP contribution in [0.1, 0.15) is 18.1 Å². The Kier molecular flexibility index (Phi) is 3.98. The molecule has 2 heterocycles. The minimum atomic E-state index is -0.379. The van der Waals surface area contributed by atoms with Crippen LogP contribution in [0.15, 0.2) is 54.6 Å². The van der Waals surface area contributed by atoms with Gasteiger partial charge in [0, 0.05) is 38.4 Å². The van der Waals surface area contributed by atoms with Gasteiger partial charge in [-0.3, -0.25) is 4.79 Å². The lowest BCUT2D eigenvalue weighted by Crippen LogP contribution is -2.51. The fourth-order valence-corrected chi connectivity index (χ4v) is 4.21. The molecule has 0 bridgehead atoms. The first kappa shape index (κ1) is 16.7. The molecule has 1 saturated heterocycles. The molecule has 1 atom stereocenters. The van der Waals surface area contributed by atoms with E-state index in [1.165, 1.54) is 16.9 Å². The van der Waals surface area contributed by atoms with E-state index in [0.29, 0.717) is 13.1 Å². The van der Waals surface area contributed by atoms with Crippen molar-refractivity contribution in [2.45, 2.75) is 19.0 Å². The third kappa shape index (κ3) is 2.48. The van der Waals surface area contributed by atoms with Crippen molar-refractivity contribution in [2.24, 2.45) is 0 Å². The molecular formula is C22H25N3O. The summed E-state index contributed by atoms with van der Waals surface area (Å²) in [6, 6.07) is 16.9. The maximum Gasteiger partial charge on any atom is 0.244 e. The molecule has 0 aromatic heterocycles. The predicted octanol–water partition coefficient (Wildman–Crippen LogP) is 3.39. The first-order valence-corrected chi connectivity index (χ1v) is 9.18. The average molecular weight is 347 g/mol. The van der Waals surface area contributed by atoms with Crippen molar-refractivity contribution in [3.8, 4) is 0 Å². The second-order valence-corrected chi connectivity index (χ2v) is 7.23. The minimum absolute atomic E-state index is 0.203. The van der Waals surface area contributed by atoms with Crippen LogP contribution in [0, 0.1) is 0 Å². The molecule has 2 aliphatic rings. The van der Waals surface area contributed by atoms with Crippen LogP contribution in [0.2, 0.25) is 0 Å². The molecule has 1 amide bonds. The molecule has 134 valence electrons. The van der Waals surface area contributed by atoms with Gasteiger partial charge in [-0.15, -0.1) is 0 Å². The van der Waals surface area contributed by atoms with E-state index in [9.17, 15) is 4.79 Å². The highest BCUT2D eigenvalue weighted by atomic mass is 16.2. The van der Waals surface area contributed by atoms with E-state index in [4.69, 9.17) is 0 Å². The third-order valence-corrected chi connectivity index (χ3v) is 5.53. The van der Waals surface area contributed by atoms with E-state index in [1.54, 1.807) is 0 Å². The predicted molar refractivity (Wildman–Crippen MR) is 107 cm³/mol. The molecule has 0 saturated carbocycles. The van der Waals surface area contributed by atoms with Crippen LogP contribution in [-0.2, 0) is 11.2 Å². The highest BCUT2D eigenvalue weighted by Gasteiger charge is 2.53. The number of hydrogen-bond acceptors (Lipinski definition) is 3. The number of benzene rings is 2. The van der Waals surface area contributed by atoms with Crippen LogP contribution < -0.4 is 9.80 Å². The highest BCUT2D eigenvalue weighted by molar-refractivity contribution is 5.90. The van der Waals surface area contributed by atoms with Gasteiger partial charge in [-0.05, 0) is 42.3 Å². The summed E-state index contributed by atoms with van der Waals surface area (Å²) in [5.74, 6) is 0.203. The smallest absolute Gasteiger partial charge is 0.244 e. The summed E-state index contributed by atoms with van der Waals surface area (Å²) in [4.78, 5) is 19.0. The Morgan fingerprint density at radius 2 is 1.85 bits per heavy atom. The molecule has 2 aliphatic heterocycles. The number of carbonyl (C=O) groups excluding carboxylic acids is 1. The normalized spacial score (nSPS) is 21.4. The van der Waals surface area contributed by atoms with Crippen LogP contribution in [-0.4, -0.2) is 43.7 Å². The Labute approximate surface area is 155 Å². The van der Waals surface area contributed by atoms with E-state index in [-0.39, 0.29) is 11.6 Å². The average Bonchev–Trinajstić information content (AvgIpc) is 3.09. The van der Waals surface area contributed by atoms with Crippen molar-refractivity contribution in [2.75, 3.05) is 37.0 Å². The number of anilines is 2. The van der Waals surface area contributed by atoms with Gasteiger partial charge in [0.05, 0.1) is 6.54 Å². The number of nitrogens with zero attached hydrogens (tertiary/aromatic N) is 3. The van der Waals surface area contributed by atoms with Crippen molar-refractivity contribution in [3.63, 3.8) is 0 Å². The maximum atomic E-state index is 12.6. The molecule has 2 aromatic carbocycles. The van der Waals surface area contributed by atoms with Crippen LogP contribution in [0.25, 0.3) is 6.08 Å². The summed E-state index contributed by atoms with van der Waals surface area (Å²) in [6.07, 6.45) is 5.21. The standard InChI is InChI=1S/C22H25N3O/c1-4-24-21(26)16-25-20-8-6-5-7-18(20)15-22(24,25)14-13-17-9-11-19(12-10-17)23(2)3/h5-14H,4,15-16H2,1-3H3. The highest BCUT2D eigenvalue weighted by Crippen LogP contribution is 2.45. The second-order valence-electron chi connectivity index (χ2n) is 7.23. The Morgan fingerprint density at radius 1 is 1.12 bits per heavy atom. The Morgan fingerprint density at radius 3 is 2.54 bits per heavy atom. The molecule has 0 aliphatic carbocycles. The first-order chi connectivity index (χ1) is 12.5. The van der Waals surface area contributed by atoms with Gasteiger partial charge >= 0.3 is 0 Å². The van der Waals surface area contributed by atoms with Gasteiger partial charge in [-0.25, -0.2) is 0 Å². The minimum Gasteiger partial charge on any atom is -0.378 e. The summed E-state index contributed by atoms with van der Waals surface area (Å²) >= 11 is 0. The van der Waals surface area contributed by atoms with Gasteiger partial charge < -0.3 is 14.7 Å². The van der Waals surface area contributed by atoms with Crippen LogP contribution in [0.5, 0.6) is 0 Å². The number of hydrogen-bond donors (Lipinski definition) is 0. The fourth-order valence-electron chi connectivity index (χ4n) is 4.21. The molecule has 4 rings (SSSR count). The van der Waals surface area contributed by atoms with Crippen LogP contribution in [0.3, 0.4) is 0 Å². The van der Waals surface area contributed by atoms with E-state index in [2.05, 4.69) is 77.4 Å². The Hall–Kier alpha value is -2.75. The van der Waals surface area contributed by atoms with Gasteiger partial charge in [0.15, 0.2) is 0 Å². The molecule has 4 heteroatoms. The van der Waals surface area contributed by atoms with Crippen LogP contribution in [0.4, 0.5) is 11.4 Å². The number of fused-ring (bicyclic) bond motifs is 3. The number of amides is 1. The molecule has 0 N–H and O–H groups in total. The van der Waals surface area contributed by atoms with Crippen molar-refractivity contribution < 1.29 is 4.79 Å². The van der Waals surface area contributed by atoms with Crippen molar-refractivity contribution in [1.29, 1.82) is 0 Å². The monoisotopic (exact) mass is 347 g/mol. The molecule has 4 nitrogen and oxygen atoms in total. The SMILES string of the molecule is CCN1C(=O)CN2c3ccccc3CC12C=Cc1ccc(N(C)C)cc1. The summed E-state index contributed by atoms with van der Waals surface area (Å²) in [6.45, 7) is 3.23.